The van der Waals surface area contributed by atoms with Gasteiger partial charge in [-0.25, -0.2) is 0 Å². The Labute approximate surface area is 118 Å². The van der Waals surface area contributed by atoms with Crippen LogP contribution in [0, 0.1) is 0 Å². The lowest BCUT2D eigenvalue weighted by molar-refractivity contribution is 0.102. The summed E-state index contributed by atoms with van der Waals surface area (Å²) in [5, 5.41) is 12.6. The number of aromatic hydroxyl groups is 1. The Hall–Kier alpha value is -2.33. The van der Waals surface area contributed by atoms with Crippen LogP contribution in [0.2, 0.25) is 0 Å². The number of hydrogen-bond acceptors (Lipinski definition) is 3. The van der Waals surface area contributed by atoms with Crippen LogP contribution in [0.15, 0.2) is 48.5 Å². The lowest BCUT2D eigenvalue weighted by Crippen LogP contribution is -2.16. The molecule has 20 heavy (non-hydrogen) atoms. The number of amides is 1. The van der Waals surface area contributed by atoms with Crippen molar-refractivity contribution in [2.24, 2.45) is 0 Å². The number of benzene rings is 2. The summed E-state index contributed by atoms with van der Waals surface area (Å²) < 4.78 is 0. The molecule has 0 atom stereocenters. The van der Waals surface area contributed by atoms with E-state index in [9.17, 15) is 9.90 Å². The molecule has 2 aromatic carbocycles. The molecule has 0 aliphatic heterocycles. The molecule has 0 bridgehead atoms. The van der Waals surface area contributed by atoms with Crippen LogP contribution in [0.5, 0.6) is 5.75 Å². The van der Waals surface area contributed by atoms with E-state index >= 15 is 0 Å². The number of rotatable bonds is 4. The number of phenols is 1. The van der Waals surface area contributed by atoms with Crippen molar-refractivity contribution in [2.45, 2.75) is 6.54 Å². The van der Waals surface area contributed by atoms with Crippen molar-refractivity contribution in [3.8, 4) is 5.75 Å². The van der Waals surface area contributed by atoms with Crippen molar-refractivity contribution in [3.63, 3.8) is 0 Å². The molecule has 104 valence electrons. The standard InChI is InChI=1S/C16H18N2O2/c1-18(2)11-12-7-3-5-9-14(12)17-16(20)13-8-4-6-10-15(13)19/h3-10,19H,11H2,1-2H3,(H,17,20). The molecule has 4 nitrogen and oxygen atoms in total. The van der Waals surface area contributed by atoms with Gasteiger partial charge in [0.05, 0.1) is 5.56 Å². The molecule has 0 fully saturated rings. The number of hydrogen-bond donors (Lipinski definition) is 2. The first-order chi connectivity index (χ1) is 9.58. The molecule has 2 aromatic rings. The van der Waals surface area contributed by atoms with Gasteiger partial charge in [0.25, 0.3) is 5.91 Å². The molecule has 0 spiro atoms. The molecule has 0 saturated carbocycles. The maximum atomic E-state index is 12.2. The summed E-state index contributed by atoms with van der Waals surface area (Å²) in [5.74, 6) is -0.329. The van der Waals surface area contributed by atoms with Crippen molar-refractivity contribution in [2.75, 3.05) is 19.4 Å². The molecule has 0 saturated heterocycles. The Morgan fingerprint density at radius 3 is 2.45 bits per heavy atom. The minimum Gasteiger partial charge on any atom is -0.507 e. The van der Waals surface area contributed by atoms with E-state index in [0.717, 1.165) is 17.8 Å². The molecule has 2 N–H and O–H groups in total. The summed E-state index contributed by atoms with van der Waals surface area (Å²) in [4.78, 5) is 14.2. The highest BCUT2D eigenvalue weighted by atomic mass is 16.3. The van der Waals surface area contributed by atoms with Crippen molar-refractivity contribution in [1.82, 2.24) is 4.90 Å². The Morgan fingerprint density at radius 2 is 1.75 bits per heavy atom. The third-order valence-electron chi connectivity index (χ3n) is 2.90. The van der Waals surface area contributed by atoms with Crippen molar-refractivity contribution in [3.05, 3.63) is 59.7 Å². The summed E-state index contributed by atoms with van der Waals surface area (Å²) in [6, 6.07) is 14.2. The quantitative estimate of drug-likeness (QED) is 0.898. The average molecular weight is 270 g/mol. The molecule has 0 aromatic heterocycles. The highest BCUT2D eigenvalue weighted by Crippen LogP contribution is 2.20. The van der Waals surface area contributed by atoms with Gasteiger partial charge in [-0.1, -0.05) is 30.3 Å². The smallest absolute Gasteiger partial charge is 0.259 e. The maximum Gasteiger partial charge on any atom is 0.259 e. The van der Waals surface area contributed by atoms with Crippen molar-refractivity contribution >= 4 is 11.6 Å². The number of para-hydroxylation sites is 2. The van der Waals surface area contributed by atoms with Gasteiger partial charge in [0.15, 0.2) is 0 Å². The second-order valence-electron chi connectivity index (χ2n) is 4.87. The second-order valence-corrected chi connectivity index (χ2v) is 4.87. The summed E-state index contributed by atoms with van der Waals surface area (Å²) in [6.45, 7) is 0.733. The normalized spacial score (nSPS) is 10.6. The Morgan fingerprint density at radius 1 is 1.10 bits per heavy atom. The molecule has 0 heterocycles. The fourth-order valence-corrected chi connectivity index (χ4v) is 1.98. The van der Waals surface area contributed by atoms with Crippen LogP contribution >= 0.6 is 0 Å². The lowest BCUT2D eigenvalue weighted by atomic mass is 10.1. The number of carbonyl (C=O) groups is 1. The first kappa shape index (κ1) is 14.1. The van der Waals surface area contributed by atoms with Crippen LogP contribution in [-0.4, -0.2) is 30.0 Å². The van der Waals surface area contributed by atoms with Gasteiger partial charge in [0.1, 0.15) is 5.75 Å². The topological polar surface area (TPSA) is 52.6 Å². The molecular formula is C16H18N2O2. The third kappa shape index (κ3) is 3.36. The van der Waals surface area contributed by atoms with E-state index in [0.29, 0.717) is 0 Å². The SMILES string of the molecule is CN(C)Cc1ccccc1NC(=O)c1ccccc1O. The van der Waals surface area contributed by atoms with Gasteiger partial charge >= 0.3 is 0 Å². The third-order valence-corrected chi connectivity index (χ3v) is 2.90. The molecule has 0 radical (unpaired) electrons. The van der Waals surface area contributed by atoms with E-state index in [1.54, 1.807) is 18.2 Å². The Bertz CT molecular complexity index is 609. The Kier molecular flexibility index (Phi) is 4.38. The maximum absolute atomic E-state index is 12.2. The fourth-order valence-electron chi connectivity index (χ4n) is 1.98. The minimum absolute atomic E-state index is 0.0184. The van der Waals surface area contributed by atoms with Gasteiger partial charge in [0.2, 0.25) is 0 Å². The van der Waals surface area contributed by atoms with Crippen LogP contribution < -0.4 is 5.32 Å². The highest BCUT2D eigenvalue weighted by Gasteiger charge is 2.12. The molecular weight excluding hydrogens is 252 g/mol. The molecule has 2 rings (SSSR count). The van der Waals surface area contributed by atoms with E-state index in [4.69, 9.17) is 0 Å². The van der Waals surface area contributed by atoms with Crippen LogP contribution in [0.1, 0.15) is 15.9 Å². The minimum atomic E-state index is -0.311. The summed E-state index contributed by atoms with van der Waals surface area (Å²) in [6.07, 6.45) is 0. The van der Waals surface area contributed by atoms with E-state index in [1.165, 1.54) is 6.07 Å². The van der Waals surface area contributed by atoms with Crippen LogP contribution in [0.25, 0.3) is 0 Å². The van der Waals surface area contributed by atoms with Gasteiger partial charge in [-0.05, 0) is 37.9 Å². The molecule has 0 unspecified atom stereocenters. The molecule has 0 aliphatic carbocycles. The van der Waals surface area contributed by atoms with Crippen molar-refractivity contribution < 1.29 is 9.90 Å². The molecule has 0 aliphatic rings. The summed E-state index contributed by atoms with van der Waals surface area (Å²) in [5.41, 5.74) is 2.06. The predicted molar refractivity (Wildman–Crippen MR) is 79.9 cm³/mol. The zero-order valence-corrected chi connectivity index (χ0v) is 11.6. The number of nitrogens with one attached hydrogen (secondary N) is 1. The van der Waals surface area contributed by atoms with E-state index in [2.05, 4.69) is 5.32 Å². The summed E-state index contributed by atoms with van der Waals surface area (Å²) in [7, 11) is 3.95. The van der Waals surface area contributed by atoms with E-state index < -0.39 is 0 Å². The monoisotopic (exact) mass is 270 g/mol. The number of anilines is 1. The summed E-state index contributed by atoms with van der Waals surface area (Å²) >= 11 is 0. The Balaban J connectivity index is 2.22. The van der Waals surface area contributed by atoms with E-state index in [-0.39, 0.29) is 17.2 Å². The van der Waals surface area contributed by atoms with Gasteiger partial charge in [0, 0.05) is 12.2 Å². The van der Waals surface area contributed by atoms with Gasteiger partial charge in [-0.15, -0.1) is 0 Å². The second kappa shape index (κ2) is 6.21. The first-order valence-corrected chi connectivity index (χ1v) is 6.40. The molecule has 1 amide bonds. The van der Waals surface area contributed by atoms with Crippen LogP contribution in [0.3, 0.4) is 0 Å². The van der Waals surface area contributed by atoms with E-state index in [1.807, 2.05) is 43.3 Å². The van der Waals surface area contributed by atoms with Crippen LogP contribution in [-0.2, 0) is 6.54 Å². The van der Waals surface area contributed by atoms with Crippen molar-refractivity contribution in [1.29, 1.82) is 0 Å². The first-order valence-electron chi connectivity index (χ1n) is 6.40. The van der Waals surface area contributed by atoms with Gasteiger partial charge < -0.3 is 15.3 Å². The van der Waals surface area contributed by atoms with Gasteiger partial charge in [-0.2, -0.15) is 0 Å². The van der Waals surface area contributed by atoms with Gasteiger partial charge in [-0.3, -0.25) is 4.79 Å². The lowest BCUT2D eigenvalue weighted by Gasteiger charge is -2.15. The largest absolute Gasteiger partial charge is 0.507 e. The number of phenolic OH excluding ortho intramolecular Hbond substituents is 1. The predicted octanol–water partition coefficient (Wildman–Crippen LogP) is 2.71. The average Bonchev–Trinajstić information content (AvgIpc) is 2.41. The zero-order valence-electron chi connectivity index (χ0n) is 11.6. The number of carbonyl (C=O) groups excluding carboxylic acids is 1. The highest BCUT2D eigenvalue weighted by molar-refractivity contribution is 6.06. The number of nitrogens with zero attached hydrogens (tertiary/aromatic N) is 1. The van der Waals surface area contributed by atoms with Crippen LogP contribution in [0.4, 0.5) is 5.69 Å². The zero-order chi connectivity index (χ0) is 14.5. The molecule has 4 heteroatoms. The fraction of sp³-hybridized carbons (Fsp3) is 0.188.